The van der Waals surface area contributed by atoms with E-state index < -0.39 is 0 Å². The highest BCUT2D eigenvalue weighted by molar-refractivity contribution is 6.32. The third kappa shape index (κ3) is 4.48. The highest BCUT2D eigenvalue weighted by Crippen LogP contribution is 2.46. The molecule has 0 radical (unpaired) electrons. The predicted octanol–water partition coefficient (Wildman–Crippen LogP) is 15.5. The smallest absolute Gasteiger partial charge is 0.143 e. The summed E-state index contributed by atoms with van der Waals surface area (Å²) in [5, 5.41) is 17.0. The topological polar surface area (TPSA) is 13.1 Å². The van der Waals surface area contributed by atoms with Crippen LogP contribution in [-0.2, 0) is 0 Å². The van der Waals surface area contributed by atoms with Crippen molar-refractivity contribution in [2.45, 2.75) is 0 Å². The molecule has 12 rings (SSSR count). The fourth-order valence-electron chi connectivity index (χ4n) is 9.31. The molecule has 0 aliphatic carbocycles. The Kier molecular flexibility index (Phi) is 6.40. The summed E-state index contributed by atoms with van der Waals surface area (Å²) in [5.41, 5.74) is 9.21. The lowest BCUT2D eigenvalue weighted by Gasteiger charge is -2.18. The van der Waals surface area contributed by atoms with Gasteiger partial charge in [0.25, 0.3) is 0 Å². The van der Waals surface area contributed by atoms with Crippen LogP contribution in [0.15, 0.2) is 199 Å². The fourth-order valence-corrected chi connectivity index (χ4v) is 9.31. The van der Waals surface area contributed by atoms with Crippen LogP contribution in [0.2, 0.25) is 0 Å². The van der Waals surface area contributed by atoms with Crippen molar-refractivity contribution >= 4 is 86.6 Å². The zero-order valence-corrected chi connectivity index (χ0v) is 29.9. The van der Waals surface area contributed by atoms with Crippen LogP contribution in [0.5, 0.6) is 0 Å². The number of hydrogen-bond acceptors (Lipinski definition) is 1. The minimum absolute atomic E-state index is 0.938. The van der Waals surface area contributed by atoms with Gasteiger partial charge in [-0.15, -0.1) is 0 Å². The number of furan rings is 1. The average molecular weight is 697 g/mol. The lowest BCUT2D eigenvalue weighted by atomic mass is 9.85. The van der Waals surface area contributed by atoms with E-state index in [2.05, 4.69) is 194 Å². The highest BCUT2D eigenvalue weighted by atomic mass is 16.3. The molecule has 0 unspecified atom stereocenters. The van der Waals surface area contributed by atoms with Gasteiger partial charge in [-0.2, -0.15) is 0 Å². The Hall–Kier alpha value is -7.22. The lowest BCUT2D eigenvalue weighted by Crippen LogP contribution is -1.91. The molecule has 0 aliphatic heterocycles. The van der Waals surface area contributed by atoms with Gasteiger partial charge < -0.3 is 4.42 Å². The van der Waals surface area contributed by atoms with Crippen LogP contribution in [0.25, 0.3) is 120 Å². The first kappa shape index (κ1) is 30.3. The van der Waals surface area contributed by atoms with Gasteiger partial charge in [0.2, 0.25) is 0 Å². The van der Waals surface area contributed by atoms with Gasteiger partial charge in [-0.3, -0.25) is 0 Å². The van der Waals surface area contributed by atoms with Gasteiger partial charge in [-0.1, -0.05) is 170 Å². The van der Waals surface area contributed by atoms with Crippen molar-refractivity contribution < 1.29 is 4.42 Å². The summed E-state index contributed by atoms with van der Waals surface area (Å²) in [7, 11) is 0. The first-order valence-corrected chi connectivity index (χ1v) is 19.0. The van der Waals surface area contributed by atoms with Gasteiger partial charge in [0.1, 0.15) is 11.2 Å². The van der Waals surface area contributed by atoms with Crippen molar-refractivity contribution in [3.8, 4) is 33.4 Å². The quantitative estimate of drug-likeness (QED) is 0.132. The molecule has 1 heteroatoms. The third-order valence-corrected chi connectivity index (χ3v) is 11.8. The summed E-state index contributed by atoms with van der Waals surface area (Å²) in [6.07, 6.45) is 0. The Morgan fingerprint density at radius 1 is 0.236 bits per heavy atom. The van der Waals surface area contributed by atoms with Gasteiger partial charge in [-0.05, 0) is 112 Å². The molecule has 0 N–H and O–H groups in total. The molecular weight excluding hydrogens is 665 g/mol. The third-order valence-electron chi connectivity index (χ3n) is 11.8. The van der Waals surface area contributed by atoms with Crippen LogP contribution < -0.4 is 0 Å². The summed E-state index contributed by atoms with van der Waals surface area (Å²) in [4.78, 5) is 0. The summed E-state index contributed by atoms with van der Waals surface area (Å²) in [6.45, 7) is 0. The van der Waals surface area contributed by atoms with E-state index in [0.717, 1.165) is 27.3 Å². The maximum absolute atomic E-state index is 6.94. The van der Waals surface area contributed by atoms with E-state index in [-0.39, 0.29) is 0 Å². The Morgan fingerprint density at radius 3 is 1.44 bits per heavy atom. The van der Waals surface area contributed by atoms with Gasteiger partial charge in [0.15, 0.2) is 0 Å². The average Bonchev–Trinajstić information content (AvgIpc) is 3.66. The molecule has 0 amide bonds. The zero-order valence-electron chi connectivity index (χ0n) is 29.9. The summed E-state index contributed by atoms with van der Waals surface area (Å²) in [6, 6.07) is 71.0. The maximum atomic E-state index is 6.94. The largest absolute Gasteiger partial charge is 0.455 e. The van der Waals surface area contributed by atoms with Gasteiger partial charge in [-0.25, -0.2) is 0 Å². The van der Waals surface area contributed by atoms with Crippen LogP contribution in [-0.4, -0.2) is 0 Å². The molecule has 11 aromatic carbocycles. The predicted molar refractivity (Wildman–Crippen MR) is 235 cm³/mol. The van der Waals surface area contributed by atoms with Gasteiger partial charge in [0, 0.05) is 21.5 Å². The molecule has 1 heterocycles. The molecule has 12 aromatic rings. The fraction of sp³-hybridized carbons (Fsp3) is 0. The molecule has 0 atom stereocenters. The molecular formula is C54H32O. The van der Waals surface area contributed by atoms with Crippen LogP contribution in [0, 0.1) is 0 Å². The van der Waals surface area contributed by atoms with E-state index in [9.17, 15) is 0 Å². The van der Waals surface area contributed by atoms with E-state index >= 15 is 0 Å². The van der Waals surface area contributed by atoms with Crippen LogP contribution >= 0.6 is 0 Å². The van der Waals surface area contributed by atoms with E-state index in [1.807, 2.05) is 0 Å². The molecule has 0 saturated heterocycles. The second kappa shape index (κ2) is 11.6. The molecule has 0 aliphatic rings. The molecule has 0 saturated carbocycles. The van der Waals surface area contributed by atoms with Crippen LogP contribution in [0.3, 0.4) is 0 Å². The second-order valence-corrected chi connectivity index (χ2v) is 14.8. The first-order valence-electron chi connectivity index (χ1n) is 19.0. The van der Waals surface area contributed by atoms with Crippen LogP contribution in [0.4, 0.5) is 0 Å². The second-order valence-electron chi connectivity index (χ2n) is 14.8. The van der Waals surface area contributed by atoms with E-state index in [1.54, 1.807) is 0 Å². The number of rotatable bonds is 3. The standard InChI is InChI=1S/C54H32O/c1-2-13-35-30-39(27-24-33(35)12-1)51-45-21-8-6-19-43(45)50(44-20-7-9-22-46(44)51)38-15-11-14-36(31-38)37-26-25-34-28-29-48-52-42-18-5-3-16-40(42)41-17-4-10-23-47(41)54(52)55-53(48)49(34)32-37/h1-32H. The van der Waals surface area contributed by atoms with Crippen molar-refractivity contribution in [2.75, 3.05) is 0 Å². The summed E-state index contributed by atoms with van der Waals surface area (Å²) < 4.78 is 6.94. The SMILES string of the molecule is c1cc(-c2ccc3ccc4c(oc5c6ccccc6c6ccccc6c45)c3c2)cc(-c2c3ccccc3c(-c3ccc4ccccc4c3)c3ccccc23)c1. The van der Waals surface area contributed by atoms with Crippen molar-refractivity contribution in [1.82, 2.24) is 0 Å². The molecule has 254 valence electrons. The Bertz CT molecular complexity index is 3490. The molecule has 0 spiro atoms. The lowest BCUT2D eigenvalue weighted by molar-refractivity contribution is 0.676. The Morgan fingerprint density at radius 2 is 0.727 bits per heavy atom. The van der Waals surface area contributed by atoms with Crippen molar-refractivity contribution in [3.05, 3.63) is 194 Å². The minimum atomic E-state index is 0.938. The molecule has 1 nitrogen and oxygen atoms in total. The minimum Gasteiger partial charge on any atom is -0.455 e. The Balaban J connectivity index is 1.07. The summed E-state index contributed by atoms with van der Waals surface area (Å²) in [5.74, 6) is 0. The molecule has 0 bridgehead atoms. The highest BCUT2D eigenvalue weighted by Gasteiger charge is 2.19. The van der Waals surface area contributed by atoms with E-state index in [1.165, 1.54) is 92.6 Å². The molecule has 55 heavy (non-hydrogen) atoms. The Labute approximate surface area is 317 Å². The molecule has 0 fully saturated rings. The normalized spacial score (nSPS) is 12.0. The first-order chi connectivity index (χ1) is 27.3. The maximum Gasteiger partial charge on any atom is 0.143 e. The molecule has 1 aromatic heterocycles. The van der Waals surface area contributed by atoms with Crippen molar-refractivity contribution in [1.29, 1.82) is 0 Å². The monoisotopic (exact) mass is 696 g/mol. The van der Waals surface area contributed by atoms with E-state index in [0.29, 0.717) is 0 Å². The van der Waals surface area contributed by atoms with Crippen molar-refractivity contribution in [2.24, 2.45) is 0 Å². The van der Waals surface area contributed by atoms with Gasteiger partial charge in [0.05, 0.1) is 0 Å². The zero-order chi connectivity index (χ0) is 36.0. The van der Waals surface area contributed by atoms with E-state index in [4.69, 9.17) is 4.42 Å². The number of fused-ring (bicyclic) bond motifs is 13. The van der Waals surface area contributed by atoms with Gasteiger partial charge >= 0.3 is 0 Å². The summed E-state index contributed by atoms with van der Waals surface area (Å²) >= 11 is 0. The van der Waals surface area contributed by atoms with Crippen molar-refractivity contribution in [3.63, 3.8) is 0 Å². The number of hydrogen-bond donors (Lipinski definition) is 0. The number of benzene rings is 11. The van der Waals surface area contributed by atoms with Crippen LogP contribution in [0.1, 0.15) is 0 Å².